The maximum atomic E-state index is 9.02. The van der Waals surface area contributed by atoms with Gasteiger partial charge in [-0.05, 0) is 25.0 Å². The van der Waals surface area contributed by atoms with Crippen LogP contribution in [0.2, 0.25) is 0 Å². The number of rotatable bonds is 8. The second-order valence-corrected chi connectivity index (χ2v) is 5.36. The molecule has 0 aliphatic rings. The summed E-state index contributed by atoms with van der Waals surface area (Å²) >= 11 is 1.99. The third-order valence-corrected chi connectivity index (χ3v) is 3.69. The maximum Gasteiger partial charge on any atom is 0.0584 e. The third kappa shape index (κ3) is 7.65. The molecule has 3 heteroatoms. The zero-order valence-corrected chi connectivity index (χ0v) is 10.7. The van der Waals surface area contributed by atoms with E-state index in [1.165, 1.54) is 5.75 Å². The second-order valence-electron chi connectivity index (χ2n) is 4.29. The van der Waals surface area contributed by atoms with Crippen LogP contribution in [0.4, 0.5) is 0 Å². The van der Waals surface area contributed by atoms with E-state index < -0.39 is 0 Å². The third-order valence-electron chi connectivity index (χ3n) is 2.05. The fraction of sp³-hybridized carbons (Fsp3) is 1.00. The minimum atomic E-state index is 0.246. The molecule has 0 fully saturated rings. The Hall–Kier alpha value is 0.270. The molecule has 0 saturated heterocycles. The van der Waals surface area contributed by atoms with Gasteiger partial charge in [0.15, 0.2) is 0 Å². The quantitative estimate of drug-likeness (QED) is 0.656. The molecule has 2 N–H and O–H groups in total. The van der Waals surface area contributed by atoms with Crippen LogP contribution < -0.4 is 5.32 Å². The van der Waals surface area contributed by atoms with Crippen molar-refractivity contribution in [3.05, 3.63) is 0 Å². The van der Waals surface area contributed by atoms with Crippen LogP contribution in [0.1, 0.15) is 34.1 Å². The summed E-state index contributed by atoms with van der Waals surface area (Å²) in [5, 5.41) is 12.4. The van der Waals surface area contributed by atoms with Crippen LogP contribution >= 0.6 is 11.8 Å². The summed E-state index contributed by atoms with van der Waals surface area (Å²) in [6, 6.07) is 0.764. The highest BCUT2D eigenvalue weighted by Gasteiger charge is 2.08. The molecule has 2 atom stereocenters. The molecule has 0 aliphatic heterocycles. The van der Waals surface area contributed by atoms with Crippen molar-refractivity contribution in [2.45, 2.75) is 46.2 Å². The summed E-state index contributed by atoms with van der Waals surface area (Å²) in [6.07, 6.45) is 0.996. The van der Waals surface area contributed by atoms with Gasteiger partial charge in [0.2, 0.25) is 0 Å². The second kappa shape index (κ2) is 8.57. The van der Waals surface area contributed by atoms with E-state index in [0.717, 1.165) is 18.1 Å². The predicted octanol–water partition coefficient (Wildman–Crippen LogP) is 2.12. The first-order valence-electron chi connectivity index (χ1n) is 5.54. The lowest BCUT2D eigenvalue weighted by Gasteiger charge is -2.20. The summed E-state index contributed by atoms with van der Waals surface area (Å²) in [5.41, 5.74) is 0. The molecule has 0 spiro atoms. The Kier molecular flexibility index (Phi) is 8.73. The monoisotopic (exact) mass is 219 g/mol. The average Bonchev–Trinajstić information content (AvgIpc) is 2.13. The highest BCUT2D eigenvalue weighted by Crippen LogP contribution is 2.09. The van der Waals surface area contributed by atoms with E-state index in [9.17, 15) is 0 Å². The van der Waals surface area contributed by atoms with Gasteiger partial charge in [-0.3, -0.25) is 0 Å². The van der Waals surface area contributed by atoms with Gasteiger partial charge in [0.05, 0.1) is 6.61 Å². The Balaban J connectivity index is 3.48. The number of hydrogen-bond donors (Lipinski definition) is 2. The van der Waals surface area contributed by atoms with Crippen LogP contribution in [0, 0.1) is 5.92 Å². The van der Waals surface area contributed by atoms with E-state index in [2.05, 4.69) is 33.0 Å². The first-order chi connectivity index (χ1) is 6.60. The summed E-state index contributed by atoms with van der Waals surface area (Å²) in [7, 11) is 0. The summed E-state index contributed by atoms with van der Waals surface area (Å²) < 4.78 is 0. The molecule has 2 nitrogen and oxygen atoms in total. The van der Waals surface area contributed by atoms with Gasteiger partial charge >= 0.3 is 0 Å². The molecule has 86 valence electrons. The largest absolute Gasteiger partial charge is 0.395 e. The Labute approximate surface area is 92.9 Å². The van der Waals surface area contributed by atoms with Gasteiger partial charge in [0.1, 0.15) is 0 Å². The van der Waals surface area contributed by atoms with Crippen LogP contribution in [-0.4, -0.2) is 35.3 Å². The van der Waals surface area contributed by atoms with Crippen LogP contribution in [0.3, 0.4) is 0 Å². The zero-order valence-electron chi connectivity index (χ0n) is 9.92. The van der Waals surface area contributed by atoms with Gasteiger partial charge in [0, 0.05) is 17.8 Å². The first-order valence-corrected chi connectivity index (χ1v) is 6.70. The van der Waals surface area contributed by atoms with Crippen molar-refractivity contribution in [3.63, 3.8) is 0 Å². The van der Waals surface area contributed by atoms with E-state index in [1.807, 2.05) is 11.8 Å². The van der Waals surface area contributed by atoms with Crippen molar-refractivity contribution >= 4 is 11.8 Å². The molecule has 0 aromatic rings. The van der Waals surface area contributed by atoms with E-state index >= 15 is 0 Å². The smallest absolute Gasteiger partial charge is 0.0584 e. The highest BCUT2D eigenvalue weighted by atomic mass is 32.2. The molecular formula is C11H25NOS. The average molecular weight is 219 g/mol. The van der Waals surface area contributed by atoms with Crippen LogP contribution in [0.15, 0.2) is 0 Å². The lowest BCUT2D eigenvalue weighted by Crippen LogP contribution is -2.39. The van der Waals surface area contributed by atoms with Gasteiger partial charge in [0.25, 0.3) is 0 Å². The molecular weight excluding hydrogens is 194 g/mol. The van der Waals surface area contributed by atoms with Gasteiger partial charge in [-0.2, -0.15) is 11.8 Å². The number of aliphatic hydroxyl groups excluding tert-OH is 1. The molecule has 0 radical (unpaired) electrons. The van der Waals surface area contributed by atoms with Crippen molar-refractivity contribution in [1.29, 1.82) is 0 Å². The maximum absolute atomic E-state index is 9.02. The highest BCUT2D eigenvalue weighted by molar-refractivity contribution is 7.99. The molecule has 14 heavy (non-hydrogen) atoms. The van der Waals surface area contributed by atoms with E-state index in [4.69, 9.17) is 5.11 Å². The fourth-order valence-corrected chi connectivity index (χ4v) is 2.29. The van der Waals surface area contributed by atoms with Gasteiger partial charge < -0.3 is 10.4 Å². The van der Waals surface area contributed by atoms with E-state index in [0.29, 0.717) is 6.04 Å². The van der Waals surface area contributed by atoms with Crippen molar-refractivity contribution < 1.29 is 5.11 Å². The van der Waals surface area contributed by atoms with Gasteiger partial charge in [-0.1, -0.05) is 20.8 Å². The standard InChI is InChI=1S/C11H25NOS/c1-5-11(6-13)12-10(4)8-14-7-9(2)3/h9-13H,5-8H2,1-4H3. The molecule has 0 aromatic carbocycles. The summed E-state index contributed by atoms with van der Waals surface area (Å²) in [6.45, 7) is 9.02. The van der Waals surface area contributed by atoms with Crippen molar-refractivity contribution in [2.24, 2.45) is 5.92 Å². The summed E-state index contributed by atoms with van der Waals surface area (Å²) in [4.78, 5) is 0. The molecule has 0 aromatic heterocycles. The SMILES string of the molecule is CCC(CO)NC(C)CSCC(C)C. The molecule has 0 aliphatic carbocycles. The minimum absolute atomic E-state index is 0.246. The van der Waals surface area contributed by atoms with Gasteiger partial charge in [-0.25, -0.2) is 0 Å². The fourth-order valence-electron chi connectivity index (χ4n) is 1.23. The normalized spacial score (nSPS) is 15.9. The lowest BCUT2D eigenvalue weighted by molar-refractivity contribution is 0.232. The molecule has 0 saturated carbocycles. The molecule has 0 amide bonds. The predicted molar refractivity (Wildman–Crippen MR) is 65.9 cm³/mol. The first kappa shape index (κ1) is 14.3. The van der Waals surface area contributed by atoms with Crippen LogP contribution in [0.25, 0.3) is 0 Å². The van der Waals surface area contributed by atoms with Crippen LogP contribution in [-0.2, 0) is 0 Å². The minimum Gasteiger partial charge on any atom is -0.395 e. The number of aliphatic hydroxyl groups is 1. The van der Waals surface area contributed by atoms with E-state index in [-0.39, 0.29) is 12.6 Å². The van der Waals surface area contributed by atoms with Crippen LogP contribution in [0.5, 0.6) is 0 Å². The Bertz CT molecular complexity index is 126. The zero-order chi connectivity index (χ0) is 11.0. The number of thioether (sulfide) groups is 1. The topological polar surface area (TPSA) is 32.3 Å². The van der Waals surface area contributed by atoms with Crippen molar-refractivity contribution in [1.82, 2.24) is 5.32 Å². The van der Waals surface area contributed by atoms with Crippen molar-refractivity contribution in [3.8, 4) is 0 Å². The molecule has 0 heterocycles. The van der Waals surface area contributed by atoms with Crippen molar-refractivity contribution in [2.75, 3.05) is 18.1 Å². The van der Waals surface area contributed by atoms with E-state index in [1.54, 1.807) is 0 Å². The Morgan fingerprint density at radius 1 is 1.21 bits per heavy atom. The Morgan fingerprint density at radius 3 is 2.29 bits per heavy atom. The number of hydrogen-bond acceptors (Lipinski definition) is 3. The number of nitrogens with one attached hydrogen (secondary N) is 1. The Morgan fingerprint density at radius 2 is 1.86 bits per heavy atom. The summed E-state index contributed by atoms with van der Waals surface area (Å²) in [5.74, 6) is 3.13. The van der Waals surface area contributed by atoms with Gasteiger partial charge in [-0.15, -0.1) is 0 Å². The molecule has 2 unspecified atom stereocenters. The lowest BCUT2D eigenvalue weighted by atomic mass is 10.2. The molecule has 0 bridgehead atoms. The molecule has 0 rings (SSSR count).